The van der Waals surface area contributed by atoms with Gasteiger partial charge in [-0.2, -0.15) is 26.3 Å². The molecule has 0 aliphatic carbocycles. The predicted molar refractivity (Wildman–Crippen MR) is 97.6 cm³/mol. The van der Waals surface area contributed by atoms with E-state index in [1.807, 2.05) is 0 Å². The van der Waals surface area contributed by atoms with Gasteiger partial charge in [0.25, 0.3) is 5.60 Å². The van der Waals surface area contributed by atoms with E-state index in [0.717, 1.165) is 0 Å². The number of aliphatic hydroxyl groups is 1. The molecule has 0 fully saturated rings. The molecule has 0 radical (unpaired) electrons. The molecule has 0 saturated carbocycles. The van der Waals surface area contributed by atoms with E-state index in [0.29, 0.717) is 31.4 Å². The van der Waals surface area contributed by atoms with E-state index in [2.05, 4.69) is 14.2 Å². The number of esters is 2. The summed E-state index contributed by atoms with van der Waals surface area (Å²) < 4.78 is 94.5. The Morgan fingerprint density at radius 1 is 0.879 bits per heavy atom. The molecule has 1 aromatic rings. The number of hydrogen-bond acceptors (Lipinski definition) is 8. The fourth-order valence-corrected chi connectivity index (χ4v) is 2.51. The summed E-state index contributed by atoms with van der Waals surface area (Å²) in [5.41, 5.74) is -9.74. The number of amides is 1. The van der Waals surface area contributed by atoms with E-state index in [1.54, 1.807) is 5.32 Å². The Balaban J connectivity index is 3.51. The van der Waals surface area contributed by atoms with Gasteiger partial charge in [0.15, 0.2) is 0 Å². The number of carbonyl (C=O) groups excluding carboxylic acids is 3. The van der Waals surface area contributed by atoms with E-state index in [1.165, 1.54) is 19.2 Å². The van der Waals surface area contributed by atoms with Crippen molar-refractivity contribution in [2.24, 2.45) is 0 Å². The monoisotopic (exact) mass is 490 g/mol. The normalized spacial score (nSPS) is 15.5. The zero-order valence-corrected chi connectivity index (χ0v) is 17.4. The minimum absolute atomic E-state index is 0.346. The highest BCUT2D eigenvalue weighted by Crippen LogP contribution is 2.41. The lowest BCUT2D eigenvalue weighted by molar-refractivity contribution is -0.266. The molecule has 1 aromatic carbocycles. The number of hydrogen-bond donors (Lipinski definition) is 3. The van der Waals surface area contributed by atoms with Crippen molar-refractivity contribution in [1.29, 1.82) is 0 Å². The van der Waals surface area contributed by atoms with Crippen LogP contribution in [0.15, 0.2) is 24.3 Å². The van der Waals surface area contributed by atoms with Crippen LogP contribution in [0.3, 0.4) is 0 Å². The molecule has 0 spiro atoms. The van der Waals surface area contributed by atoms with E-state index in [-0.39, 0.29) is 6.61 Å². The Kier molecular flexibility index (Phi) is 8.55. The molecule has 2 unspecified atom stereocenters. The Morgan fingerprint density at radius 3 is 1.79 bits per heavy atom. The maximum Gasteiger partial charge on any atom is 0.442 e. The third kappa shape index (κ3) is 5.58. The molecule has 2 atom stereocenters. The average Bonchev–Trinajstić information content (AvgIpc) is 2.71. The molecule has 0 bridgehead atoms. The van der Waals surface area contributed by atoms with E-state index >= 15 is 0 Å². The smallest absolute Gasteiger partial charge is 0.442 e. The number of halogens is 6. The molecule has 0 aliphatic heterocycles. The van der Waals surface area contributed by atoms with E-state index in [9.17, 15) is 45.8 Å². The second-order valence-corrected chi connectivity index (χ2v) is 6.22. The number of benzene rings is 1. The van der Waals surface area contributed by atoms with E-state index in [4.69, 9.17) is 0 Å². The van der Waals surface area contributed by atoms with Gasteiger partial charge in [0.05, 0.1) is 20.3 Å². The number of anilines is 1. The number of alkyl carbamates (subject to hydrolysis) is 1. The second-order valence-electron chi connectivity index (χ2n) is 6.22. The lowest BCUT2D eigenvalue weighted by Crippen LogP contribution is -2.69. The van der Waals surface area contributed by atoms with Crippen LogP contribution >= 0.6 is 0 Å². The summed E-state index contributed by atoms with van der Waals surface area (Å²) >= 11 is 0. The molecular weight excluding hydrogens is 470 g/mol. The van der Waals surface area contributed by atoms with Gasteiger partial charge in [-0.25, -0.2) is 14.4 Å². The number of rotatable bonds is 8. The molecule has 15 heteroatoms. The van der Waals surface area contributed by atoms with Gasteiger partial charge in [-0.05, 0) is 26.0 Å². The first-order valence-electron chi connectivity index (χ1n) is 9.05. The Morgan fingerprint density at radius 2 is 1.39 bits per heavy atom. The second kappa shape index (κ2) is 10.1. The van der Waals surface area contributed by atoms with Crippen molar-refractivity contribution < 1.29 is 60.0 Å². The SMILES string of the molecule is CCOC(=O)NC(Nc1ccc(C(O)(C(=O)OC)C(F)(F)F)cc1)(C(=O)OCC)C(F)(F)F. The molecule has 0 aromatic heterocycles. The molecule has 3 N–H and O–H groups in total. The predicted octanol–water partition coefficient (Wildman–Crippen LogP) is 2.59. The maximum atomic E-state index is 13.9. The molecule has 1 rings (SSSR count). The molecular formula is C18H20F6N2O7. The zero-order valence-electron chi connectivity index (χ0n) is 17.4. The number of nitrogens with one attached hydrogen (secondary N) is 2. The number of alkyl halides is 6. The fourth-order valence-electron chi connectivity index (χ4n) is 2.51. The van der Waals surface area contributed by atoms with Crippen molar-refractivity contribution in [2.75, 3.05) is 25.6 Å². The van der Waals surface area contributed by atoms with Crippen LogP contribution in [0.4, 0.5) is 36.8 Å². The van der Waals surface area contributed by atoms with Crippen molar-refractivity contribution in [3.05, 3.63) is 29.8 Å². The Bertz CT molecular complexity index is 859. The summed E-state index contributed by atoms with van der Waals surface area (Å²) in [5, 5.41) is 12.9. The first-order chi connectivity index (χ1) is 15.1. The minimum atomic E-state index is -5.54. The van der Waals surface area contributed by atoms with Crippen molar-refractivity contribution in [2.45, 2.75) is 37.5 Å². The van der Waals surface area contributed by atoms with Gasteiger partial charge in [0.2, 0.25) is 0 Å². The summed E-state index contributed by atoms with van der Waals surface area (Å²) in [7, 11) is 0.590. The zero-order chi connectivity index (χ0) is 25.7. The fraction of sp³-hybridized carbons (Fsp3) is 0.500. The van der Waals surface area contributed by atoms with Crippen LogP contribution in [0.5, 0.6) is 0 Å². The quantitative estimate of drug-likeness (QED) is 0.220. The third-order valence-electron chi connectivity index (χ3n) is 4.10. The molecule has 186 valence electrons. The van der Waals surface area contributed by atoms with Gasteiger partial charge in [-0.15, -0.1) is 0 Å². The highest BCUT2D eigenvalue weighted by molar-refractivity contribution is 5.89. The summed E-state index contributed by atoms with van der Waals surface area (Å²) in [4.78, 5) is 35.5. The van der Waals surface area contributed by atoms with Crippen molar-refractivity contribution in [1.82, 2.24) is 5.32 Å². The van der Waals surface area contributed by atoms with Gasteiger partial charge in [-0.3, -0.25) is 5.32 Å². The van der Waals surface area contributed by atoms with Gasteiger partial charge < -0.3 is 24.6 Å². The molecule has 0 aliphatic rings. The summed E-state index contributed by atoms with van der Waals surface area (Å²) in [6.45, 7) is 1.62. The minimum Gasteiger partial charge on any atom is -0.466 e. The Hall–Kier alpha value is -3.23. The first kappa shape index (κ1) is 27.8. The van der Waals surface area contributed by atoms with Crippen LogP contribution in [0.1, 0.15) is 19.4 Å². The molecule has 9 nitrogen and oxygen atoms in total. The first-order valence-corrected chi connectivity index (χ1v) is 9.05. The largest absolute Gasteiger partial charge is 0.466 e. The molecule has 1 amide bonds. The molecule has 0 heterocycles. The molecule has 33 heavy (non-hydrogen) atoms. The number of carbonyl (C=O) groups is 3. The van der Waals surface area contributed by atoms with Crippen molar-refractivity contribution in [3.63, 3.8) is 0 Å². The van der Waals surface area contributed by atoms with Gasteiger partial charge >= 0.3 is 36.0 Å². The molecule has 0 saturated heterocycles. The summed E-state index contributed by atoms with van der Waals surface area (Å²) in [6.07, 6.45) is -12.7. The highest BCUT2D eigenvalue weighted by atomic mass is 19.4. The maximum absolute atomic E-state index is 13.9. The van der Waals surface area contributed by atoms with Crippen LogP contribution in [-0.2, 0) is 29.4 Å². The summed E-state index contributed by atoms with van der Waals surface area (Å²) in [5.74, 6) is -4.08. The number of ether oxygens (including phenoxy) is 3. The van der Waals surface area contributed by atoms with Crippen LogP contribution in [0.2, 0.25) is 0 Å². The highest BCUT2D eigenvalue weighted by Gasteiger charge is 2.64. The van der Waals surface area contributed by atoms with Crippen LogP contribution in [0, 0.1) is 0 Å². The average molecular weight is 490 g/mol. The van der Waals surface area contributed by atoms with E-state index < -0.39 is 59.5 Å². The van der Waals surface area contributed by atoms with Gasteiger partial charge in [-0.1, -0.05) is 12.1 Å². The lowest BCUT2D eigenvalue weighted by Gasteiger charge is -2.35. The van der Waals surface area contributed by atoms with Crippen LogP contribution in [-0.4, -0.2) is 61.5 Å². The lowest BCUT2D eigenvalue weighted by atomic mass is 9.93. The van der Waals surface area contributed by atoms with Crippen molar-refractivity contribution in [3.8, 4) is 0 Å². The van der Waals surface area contributed by atoms with Gasteiger partial charge in [0.1, 0.15) is 0 Å². The third-order valence-corrected chi connectivity index (χ3v) is 4.10. The van der Waals surface area contributed by atoms with Crippen LogP contribution < -0.4 is 10.6 Å². The standard InChI is InChI=1S/C18H20F6N2O7/c1-4-32-13(28)16(18(22,23)24,26-14(29)33-5-2)25-11-8-6-10(7-9-11)15(30,12(27)31-3)17(19,20)21/h6-9,25,30H,4-5H2,1-3H3,(H,26,29). The Labute approximate surface area is 183 Å². The van der Waals surface area contributed by atoms with Gasteiger partial charge in [0, 0.05) is 11.3 Å². The topological polar surface area (TPSA) is 123 Å². The number of methoxy groups -OCH3 is 1. The summed E-state index contributed by atoms with van der Waals surface area (Å²) in [6, 6.07) is 2.15. The van der Waals surface area contributed by atoms with Crippen molar-refractivity contribution >= 4 is 23.7 Å². The van der Waals surface area contributed by atoms with Crippen LogP contribution in [0.25, 0.3) is 0 Å².